The Hall–Kier alpha value is -0.870. The van der Waals surface area contributed by atoms with Crippen molar-refractivity contribution in [2.24, 2.45) is 11.7 Å². The maximum absolute atomic E-state index is 11.7. The first-order valence-corrected chi connectivity index (χ1v) is 5.99. The Morgan fingerprint density at radius 2 is 2.13 bits per heavy atom. The number of hydrogen-bond acceptors (Lipinski definition) is 3. The largest absolute Gasteiger partial charge is 0.348 e. The second kappa shape index (κ2) is 5.28. The van der Waals surface area contributed by atoms with Crippen LogP contribution in [0.3, 0.4) is 0 Å². The topological polar surface area (TPSA) is 55.1 Å². The van der Waals surface area contributed by atoms with Gasteiger partial charge in [-0.1, -0.05) is 13.0 Å². The zero-order valence-corrected chi connectivity index (χ0v) is 10.2. The summed E-state index contributed by atoms with van der Waals surface area (Å²) in [6.45, 7) is 5.68. The molecule has 84 valence electrons. The van der Waals surface area contributed by atoms with Crippen molar-refractivity contribution in [3.63, 3.8) is 0 Å². The van der Waals surface area contributed by atoms with Gasteiger partial charge in [0.1, 0.15) is 0 Å². The van der Waals surface area contributed by atoms with Crippen molar-refractivity contribution < 1.29 is 4.79 Å². The van der Waals surface area contributed by atoms with E-state index in [2.05, 4.69) is 5.32 Å². The lowest BCUT2D eigenvalue weighted by Crippen LogP contribution is -2.39. The smallest absolute Gasteiger partial charge is 0.224 e. The van der Waals surface area contributed by atoms with Crippen molar-refractivity contribution in [3.8, 4) is 0 Å². The maximum Gasteiger partial charge on any atom is 0.224 e. The van der Waals surface area contributed by atoms with Gasteiger partial charge in [0.05, 0.1) is 6.04 Å². The average Bonchev–Trinajstić information content (AvgIpc) is 2.68. The van der Waals surface area contributed by atoms with Crippen LogP contribution in [0.5, 0.6) is 0 Å². The second-order valence-electron chi connectivity index (χ2n) is 3.89. The van der Waals surface area contributed by atoms with E-state index in [9.17, 15) is 4.79 Å². The number of carbonyl (C=O) groups is 1. The summed E-state index contributed by atoms with van der Waals surface area (Å²) in [6.07, 6.45) is 0. The van der Waals surface area contributed by atoms with E-state index in [0.717, 1.165) is 0 Å². The number of rotatable bonds is 4. The predicted octanol–water partition coefficient (Wildman–Crippen LogP) is 1.91. The number of carbonyl (C=O) groups excluding carboxylic acids is 1. The van der Waals surface area contributed by atoms with Gasteiger partial charge in [0.15, 0.2) is 0 Å². The van der Waals surface area contributed by atoms with E-state index in [0.29, 0.717) is 0 Å². The van der Waals surface area contributed by atoms with Crippen molar-refractivity contribution in [1.29, 1.82) is 0 Å². The molecule has 0 saturated carbocycles. The van der Waals surface area contributed by atoms with E-state index in [-0.39, 0.29) is 23.9 Å². The summed E-state index contributed by atoms with van der Waals surface area (Å²) in [5.74, 6) is -0.127. The van der Waals surface area contributed by atoms with Crippen LogP contribution in [0.15, 0.2) is 17.5 Å². The van der Waals surface area contributed by atoms with Gasteiger partial charge in [0, 0.05) is 16.8 Å². The normalized spacial score (nSPS) is 16.8. The molecule has 3 nitrogen and oxygen atoms in total. The molecule has 0 fully saturated rings. The zero-order chi connectivity index (χ0) is 11.4. The van der Waals surface area contributed by atoms with E-state index in [1.54, 1.807) is 11.3 Å². The van der Waals surface area contributed by atoms with Gasteiger partial charge in [0.2, 0.25) is 5.91 Å². The summed E-state index contributed by atoms with van der Waals surface area (Å²) >= 11 is 1.65. The van der Waals surface area contributed by atoms with Crippen molar-refractivity contribution in [3.05, 3.63) is 22.4 Å². The molecule has 3 N–H and O–H groups in total. The van der Waals surface area contributed by atoms with Crippen molar-refractivity contribution >= 4 is 17.2 Å². The number of hydrogen-bond donors (Lipinski definition) is 2. The molecule has 1 aromatic rings. The van der Waals surface area contributed by atoms with Crippen LogP contribution in [0, 0.1) is 5.92 Å². The lowest BCUT2D eigenvalue weighted by molar-refractivity contribution is -0.125. The third kappa shape index (κ3) is 3.32. The zero-order valence-electron chi connectivity index (χ0n) is 9.36. The Balaban J connectivity index is 2.52. The van der Waals surface area contributed by atoms with Crippen molar-refractivity contribution in [2.45, 2.75) is 32.9 Å². The van der Waals surface area contributed by atoms with Crippen LogP contribution in [-0.2, 0) is 4.79 Å². The first kappa shape index (κ1) is 12.2. The van der Waals surface area contributed by atoms with Gasteiger partial charge in [-0.15, -0.1) is 11.3 Å². The summed E-state index contributed by atoms with van der Waals surface area (Å²) in [6, 6.07) is 3.96. The molecule has 0 saturated heterocycles. The highest BCUT2D eigenvalue weighted by atomic mass is 32.1. The van der Waals surface area contributed by atoms with Crippen LogP contribution in [-0.4, -0.2) is 11.9 Å². The summed E-state index contributed by atoms with van der Waals surface area (Å²) in [4.78, 5) is 12.9. The maximum atomic E-state index is 11.7. The van der Waals surface area contributed by atoms with Gasteiger partial charge >= 0.3 is 0 Å². The minimum absolute atomic E-state index is 0.0194. The van der Waals surface area contributed by atoms with Gasteiger partial charge in [-0.05, 0) is 25.3 Å². The molecule has 0 radical (unpaired) electrons. The van der Waals surface area contributed by atoms with Crippen LogP contribution in [0.2, 0.25) is 0 Å². The molecule has 0 bridgehead atoms. The first-order chi connectivity index (χ1) is 7.02. The van der Waals surface area contributed by atoms with E-state index < -0.39 is 0 Å². The number of amides is 1. The Kier molecular flexibility index (Phi) is 4.29. The lowest BCUT2D eigenvalue weighted by Gasteiger charge is -2.18. The van der Waals surface area contributed by atoms with Crippen LogP contribution >= 0.6 is 11.3 Å². The highest BCUT2D eigenvalue weighted by Crippen LogP contribution is 2.18. The molecule has 2 unspecified atom stereocenters. The molecule has 1 heterocycles. The minimum Gasteiger partial charge on any atom is -0.348 e. The van der Waals surface area contributed by atoms with Crippen LogP contribution in [0.4, 0.5) is 0 Å². The SMILES string of the molecule is CC(N)C(C)C(=O)N[C@H](C)c1cccs1. The van der Waals surface area contributed by atoms with Gasteiger partial charge in [-0.25, -0.2) is 0 Å². The highest BCUT2D eigenvalue weighted by Gasteiger charge is 2.19. The molecule has 15 heavy (non-hydrogen) atoms. The van der Waals surface area contributed by atoms with E-state index in [1.807, 2.05) is 38.3 Å². The highest BCUT2D eigenvalue weighted by molar-refractivity contribution is 7.10. The second-order valence-corrected chi connectivity index (χ2v) is 4.87. The first-order valence-electron chi connectivity index (χ1n) is 5.11. The van der Waals surface area contributed by atoms with Gasteiger partial charge in [-0.3, -0.25) is 4.79 Å². The van der Waals surface area contributed by atoms with Crippen LogP contribution in [0.25, 0.3) is 0 Å². The third-order valence-electron chi connectivity index (χ3n) is 2.53. The van der Waals surface area contributed by atoms with Crippen molar-refractivity contribution in [1.82, 2.24) is 5.32 Å². The van der Waals surface area contributed by atoms with Crippen LogP contribution in [0.1, 0.15) is 31.7 Å². The molecule has 0 spiro atoms. The van der Waals surface area contributed by atoms with E-state index >= 15 is 0 Å². The molecule has 0 aliphatic rings. The quantitative estimate of drug-likeness (QED) is 0.824. The number of thiophene rings is 1. The molecule has 1 amide bonds. The molecular formula is C11H18N2OS. The Labute approximate surface area is 94.7 Å². The predicted molar refractivity (Wildman–Crippen MR) is 63.7 cm³/mol. The monoisotopic (exact) mass is 226 g/mol. The molecule has 0 aromatic carbocycles. The Bertz CT molecular complexity index is 308. The van der Waals surface area contributed by atoms with E-state index in [4.69, 9.17) is 5.73 Å². The van der Waals surface area contributed by atoms with Gasteiger partial charge in [0.25, 0.3) is 0 Å². The molecule has 4 heteroatoms. The van der Waals surface area contributed by atoms with E-state index in [1.165, 1.54) is 4.88 Å². The summed E-state index contributed by atoms with van der Waals surface area (Å²) < 4.78 is 0. The fourth-order valence-corrected chi connectivity index (χ4v) is 1.93. The number of nitrogens with two attached hydrogens (primary N) is 1. The fraction of sp³-hybridized carbons (Fsp3) is 0.545. The Morgan fingerprint density at radius 3 is 2.60 bits per heavy atom. The average molecular weight is 226 g/mol. The molecular weight excluding hydrogens is 208 g/mol. The number of nitrogens with one attached hydrogen (secondary N) is 1. The molecule has 1 aromatic heterocycles. The lowest BCUT2D eigenvalue weighted by atomic mass is 10.0. The molecule has 3 atom stereocenters. The van der Waals surface area contributed by atoms with Gasteiger partial charge < -0.3 is 11.1 Å². The molecule has 0 aliphatic carbocycles. The third-order valence-corrected chi connectivity index (χ3v) is 3.59. The summed E-state index contributed by atoms with van der Waals surface area (Å²) in [7, 11) is 0. The standard InChI is InChI=1S/C11H18N2OS/c1-7(8(2)12)11(14)13-9(3)10-5-4-6-15-10/h4-9H,12H2,1-3H3,(H,13,14)/t7?,8?,9-/m1/s1. The fourth-order valence-electron chi connectivity index (χ4n) is 1.19. The van der Waals surface area contributed by atoms with Crippen LogP contribution < -0.4 is 11.1 Å². The van der Waals surface area contributed by atoms with Crippen molar-refractivity contribution in [2.75, 3.05) is 0 Å². The molecule has 0 aliphatic heterocycles. The van der Waals surface area contributed by atoms with Gasteiger partial charge in [-0.2, -0.15) is 0 Å². The Morgan fingerprint density at radius 1 is 1.47 bits per heavy atom. The molecule has 1 rings (SSSR count). The summed E-state index contributed by atoms with van der Waals surface area (Å²) in [5.41, 5.74) is 5.67. The minimum atomic E-state index is -0.146. The summed E-state index contributed by atoms with van der Waals surface area (Å²) in [5, 5.41) is 4.96.